The summed E-state index contributed by atoms with van der Waals surface area (Å²) in [6, 6.07) is 7.53. The molecule has 2 rings (SSSR count). The summed E-state index contributed by atoms with van der Waals surface area (Å²) in [6.07, 6.45) is 3.02. The van der Waals surface area contributed by atoms with E-state index >= 15 is 0 Å². The third kappa shape index (κ3) is 2.49. The third-order valence-corrected chi connectivity index (χ3v) is 2.13. The Labute approximate surface area is 82.9 Å². The van der Waals surface area contributed by atoms with Crippen LogP contribution in [-0.2, 0) is 11.2 Å². The Kier molecular flexibility index (Phi) is 2.39. The van der Waals surface area contributed by atoms with Gasteiger partial charge in [0.05, 0.1) is 12.5 Å². The molecule has 0 bridgehead atoms. The van der Waals surface area contributed by atoms with Gasteiger partial charge in [-0.1, -0.05) is 12.1 Å². The van der Waals surface area contributed by atoms with E-state index < -0.39 is 0 Å². The van der Waals surface area contributed by atoms with Crippen molar-refractivity contribution in [2.24, 2.45) is 5.73 Å². The summed E-state index contributed by atoms with van der Waals surface area (Å²) in [5.41, 5.74) is 6.01. The van der Waals surface area contributed by atoms with Gasteiger partial charge in [-0.05, 0) is 30.5 Å². The molecular formula is C11H13NO2. The lowest BCUT2D eigenvalue weighted by molar-refractivity contribution is -0.117. The quantitative estimate of drug-likeness (QED) is 0.778. The van der Waals surface area contributed by atoms with Crippen LogP contribution in [0, 0.1) is 0 Å². The number of carbonyl (C=O) groups is 1. The van der Waals surface area contributed by atoms with Crippen LogP contribution in [0.3, 0.4) is 0 Å². The molecule has 1 aromatic rings. The van der Waals surface area contributed by atoms with Gasteiger partial charge in [0.1, 0.15) is 5.75 Å². The van der Waals surface area contributed by atoms with Gasteiger partial charge in [-0.3, -0.25) is 4.79 Å². The fraction of sp³-hybridized carbons (Fsp3) is 0.364. The molecule has 0 aliphatic heterocycles. The first kappa shape index (κ1) is 9.06. The van der Waals surface area contributed by atoms with Crippen molar-refractivity contribution in [1.29, 1.82) is 0 Å². The van der Waals surface area contributed by atoms with E-state index in [9.17, 15) is 4.79 Å². The molecule has 0 atom stereocenters. The van der Waals surface area contributed by atoms with E-state index in [1.165, 1.54) is 0 Å². The zero-order valence-electron chi connectivity index (χ0n) is 7.90. The first-order valence-electron chi connectivity index (χ1n) is 4.78. The summed E-state index contributed by atoms with van der Waals surface area (Å²) in [6.45, 7) is 0. The second-order valence-electron chi connectivity index (χ2n) is 3.60. The van der Waals surface area contributed by atoms with Crippen LogP contribution in [0.5, 0.6) is 5.75 Å². The third-order valence-electron chi connectivity index (χ3n) is 2.13. The predicted molar refractivity (Wildman–Crippen MR) is 53.0 cm³/mol. The minimum atomic E-state index is -0.305. The van der Waals surface area contributed by atoms with Crippen molar-refractivity contribution in [3.63, 3.8) is 0 Å². The van der Waals surface area contributed by atoms with Gasteiger partial charge < -0.3 is 10.5 Å². The summed E-state index contributed by atoms with van der Waals surface area (Å²) in [5.74, 6) is 0.571. The second kappa shape index (κ2) is 3.70. The Hall–Kier alpha value is -1.51. The first-order chi connectivity index (χ1) is 6.74. The van der Waals surface area contributed by atoms with Gasteiger partial charge >= 0.3 is 0 Å². The van der Waals surface area contributed by atoms with Gasteiger partial charge in [0.25, 0.3) is 0 Å². The Morgan fingerprint density at radius 3 is 2.50 bits per heavy atom. The van der Waals surface area contributed by atoms with E-state index in [-0.39, 0.29) is 5.91 Å². The van der Waals surface area contributed by atoms with E-state index in [2.05, 4.69) is 0 Å². The van der Waals surface area contributed by atoms with Crippen LogP contribution in [0.15, 0.2) is 24.3 Å². The number of rotatable bonds is 4. The van der Waals surface area contributed by atoms with E-state index in [0.29, 0.717) is 12.5 Å². The van der Waals surface area contributed by atoms with Crippen molar-refractivity contribution in [1.82, 2.24) is 0 Å². The number of amides is 1. The molecule has 1 amide bonds. The number of hydrogen-bond acceptors (Lipinski definition) is 2. The Balaban J connectivity index is 1.97. The van der Waals surface area contributed by atoms with Crippen LogP contribution in [0.4, 0.5) is 0 Å². The second-order valence-corrected chi connectivity index (χ2v) is 3.60. The Morgan fingerprint density at radius 1 is 1.36 bits per heavy atom. The highest BCUT2D eigenvalue weighted by Gasteiger charge is 2.23. The number of carbonyl (C=O) groups excluding carboxylic acids is 1. The molecule has 0 spiro atoms. The average molecular weight is 191 g/mol. The van der Waals surface area contributed by atoms with Crippen LogP contribution < -0.4 is 10.5 Å². The van der Waals surface area contributed by atoms with Crippen molar-refractivity contribution in [2.75, 3.05) is 0 Å². The van der Waals surface area contributed by atoms with Crippen LogP contribution in [0.1, 0.15) is 18.4 Å². The van der Waals surface area contributed by atoms with E-state index in [1.807, 2.05) is 24.3 Å². The van der Waals surface area contributed by atoms with Gasteiger partial charge in [0.2, 0.25) is 5.91 Å². The molecule has 3 nitrogen and oxygen atoms in total. The molecule has 0 aromatic heterocycles. The number of nitrogens with two attached hydrogens (primary N) is 1. The Morgan fingerprint density at radius 2 is 2.00 bits per heavy atom. The number of primary amides is 1. The molecule has 1 aliphatic rings. The van der Waals surface area contributed by atoms with E-state index in [0.717, 1.165) is 24.2 Å². The smallest absolute Gasteiger partial charge is 0.221 e. The molecule has 2 N–H and O–H groups in total. The van der Waals surface area contributed by atoms with Gasteiger partial charge in [-0.15, -0.1) is 0 Å². The minimum absolute atomic E-state index is 0.295. The molecule has 0 unspecified atom stereocenters. The van der Waals surface area contributed by atoms with Gasteiger partial charge in [-0.2, -0.15) is 0 Å². The molecule has 1 saturated carbocycles. The number of hydrogen-bond donors (Lipinski definition) is 1. The number of benzene rings is 1. The Bertz CT molecular complexity index is 328. The maximum Gasteiger partial charge on any atom is 0.221 e. The molecule has 1 aliphatic carbocycles. The van der Waals surface area contributed by atoms with Gasteiger partial charge in [0, 0.05) is 0 Å². The lowest BCUT2D eigenvalue weighted by atomic mass is 10.1. The summed E-state index contributed by atoms with van der Waals surface area (Å²) in [4.78, 5) is 10.6. The molecule has 1 aromatic carbocycles. The first-order valence-corrected chi connectivity index (χ1v) is 4.78. The molecule has 74 valence electrons. The van der Waals surface area contributed by atoms with Gasteiger partial charge in [-0.25, -0.2) is 0 Å². The highest BCUT2D eigenvalue weighted by Crippen LogP contribution is 2.26. The SMILES string of the molecule is NC(=O)Cc1ccc(OC2CC2)cc1. The summed E-state index contributed by atoms with van der Waals surface area (Å²) >= 11 is 0. The van der Waals surface area contributed by atoms with Crippen LogP contribution in [-0.4, -0.2) is 12.0 Å². The fourth-order valence-corrected chi connectivity index (χ4v) is 1.27. The molecular weight excluding hydrogens is 178 g/mol. The fourth-order valence-electron chi connectivity index (χ4n) is 1.27. The standard InChI is InChI=1S/C11H13NO2/c12-11(13)7-8-1-3-9(4-2-8)14-10-5-6-10/h1-4,10H,5-7H2,(H2,12,13). The number of ether oxygens (including phenoxy) is 1. The molecule has 0 radical (unpaired) electrons. The molecule has 0 saturated heterocycles. The highest BCUT2D eigenvalue weighted by molar-refractivity contribution is 5.76. The lowest BCUT2D eigenvalue weighted by Crippen LogP contribution is -2.13. The van der Waals surface area contributed by atoms with Crippen molar-refractivity contribution >= 4 is 5.91 Å². The normalized spacial score (nSPS) is 15.1. The lowest BCUT2D eigenvalue weighted by Gasteiger charge is -2.04. The van der Waals surface area contributed by atoms with Crippen LogP contribution >= 0.6 is 0 Å². The van der Waals surface area contributed by atoms with Crippen LogP contribution in [0.25, 0.3) is 0 Å². The molecule has 14 heavy (non-hydrogen) atoms. The van der Waals surface area contributed by atoms with Crippen molar-refractivity contribution in [2.45, 2.75) is 25.4 Å². The maximum absolute atomic E-state index is 10.6. The zero-order valence-corrected chi connectivity index (χ0v) is 7.90. The van der Waals surface area contributed by atoms with E-state index in [4.69, 9.17) is 10.5 Å². The molecule has 3 heteroatoms. The summed E-state index contributed by atoms with van der Waals surface area (Å²) < 4.78 is 5.57. The van der Waals surface area contributed by atoms with E-state index in [1.54, 1.807) is 0 Å². The highest BCUT2D eigenvalue weighted by atomic mass is 16.5. The maximum atomic E-state index is 10.6. The monoisotopic (exact) mass is 191 g/mol. The van der Waals surface area contributed by atoms with Crippen molar-refractivity contribution < 1.29 is 9.53 Å². The topological polar surface area (TPSA) is 52.3 Å². The van der Waals surface area contributed by atoms with Crippen molar-refractivity contribution in [3.8, 4) is 5.75 Å². The largest absolute Gasteiger partial charge is 0.490 e. The predicted octanol–water partition coefficient (Wildman–Crippen LogP) is 1.26. The van der Waals surface area contributed by atoms with Gasteiger partial charge in [0.15, 0.2) is 0 Å². The summed E-state index contributed by atoms with van der Waals surface area (Å²) in [5, 5.41) is 0. The summed E-state index contributed by atoms with van der Waals surface area (Å²) in [7, 11) is 0. The zero-order chi connectivity index (χ0) is 9.97. The minimum Gasteiger partial charge on any atom is -0.490 e. The van der Waals surface area contributed by atoms with Crippen LogP contribution in [0.2, 0.25) is 0 Å². The van der Waals surface area contributed by atoms with Crippen molar-refractivity contribution in [3.05, 3.63) is 29.8 Å². The molecule has 1 fully saturated rings. The molecule has 0 heterocycles. The average Bonchev–Trinajstić information content (AvgIpc) is 2.91.